The van der Waals surface area contributed by atoms with E-state index in [0.717, 1.165) is 0 Å². The number of halogens is 1. The van der Waals surface area contributed by atoms with Gasteiger partial charge in [-0.25, -0.2) is 0 Å². The molecule has 28 heavy (non-hydrogen) atoms. The molecule has 150 valence electrons. The molecular formula is C20H22ClNO6. The summed E-state index contributed by atoms with van der Waals surface area (Å²) in [5, 5.41) is 3.15. The average molecular weight is 408 g/mol. The summed E-state index contributed by atoms with van der Waals surface area (Å²) in [4.78, 5) is 24.5. The topological polar surface area (TPSA) is 83.1 Å². The van der Waals surface area contributed by atoms with Crippen LogP contribution in [0.1, 0.15) is 12.5 Å². The molecule has 7 nitrogen and oxygen atoms in total. The number of methoxy groups -OCH3 is 3. The van der Waals surface area contributed by atoms with Gasteiger partial charge in [-0.1, -0.05) is 11.6 Å². The van der Waals surface area contributed by atoms with Crippen LogP contribution in [0.3, 0.4) is 0 Å². The van der Waals surface area contributed by atoms with Crippen molar-refractivity contribution < 1.29 is 28.5 Å². The smallest absolute Gasteiger partial charge is 0.311 e. The molecule has 0 saturated carbocycles. The minimum Gasteiger partial charge on any atom is -0.496 e. The fraction of sp³-hybridized carbons (Fsp3) is 0.300. The summed E-state index contributed by atoms with van der Waals surface area (Å²) in [5.41, 5.74) is 1.06. The van der Waals surface area contributed by atoms with Gasteiger partial charge in [-0.15, -0.1) is 0 Å². The monoisotopic (exact) mass is 407 g/mol. The van der Waals surface area contributed by atoms with Crippen molar-refractivity contribution in [1.82, 2.24) is 0 Å². The van der Waals surface area contributed by atoms with Crippen molar-refractivity contribution in [3.8, 4) is 17.2 Å². The van der Waals surface area contributed by atoms with Crippen molar-refractivity contribution in [3.63, 3.8) is 0 Å². The molecule has 0 radical (unpaired) electrons. The van der Waals surface area contributed by atoms with Crippen LogP contribution in [0.2, 0.25) is 5.02 Å². The molecule has 1 amide bonds. The maximum Gasteiger partial charge on any atom is 0.311 e. The number of esters is 1. The van der Waals surface area contributed by atoms with Gasteiger partial charge in [-0.05, 0) is 37.3 Å². The van der Waals surface area contributed by atoms with E-state index in [1.165, 1.54) is 28.3 Å². The molecule has 2 aromatic rings. The van der Waals surface area contributed by atoms with Crippen molar-refractivity contribution >= 4 is 29.2 Å². The van der Waals surface area contributed by atoms with Gasteiger partial charge in [0.1, 0.15) is 5.75 Å². The Labute approximate surface area is 168 Å². The van der Waals surface area contributed by atoms with E-state index in [9.17, 15) is 9.59 Å². The lowest BCUT2D eigenvalue weighted by Crippen LogP contribution is -2.30. The normalized spacial score (nSPS) is 11.3. The van der Waals surface area contributed by atoms with Crippen LogP contribution < -0.4 is 19.5 Å². The molecule has 0 bridgehead atoms. The van der Waals surface area contributed by atoms with Gasteiger partial charge in [0.15, 0.2) is 17.6 Å². The first kappa shape index (κ1) is 21.4. The number of anilines is 1. The number of carbonyl (C=O) groups excluding carboxylic acids is 2. The van der Waals surface area contributed by atoms with Crippen molar-refractivity contribution in [3.05, 3.63) is 47.0 Å². The zero-order chi connectivity index (χ0) is 20.7. The number of benzene rings is 2. The first-order valence-electron chi connectivity index (χ1n) is 8.42. The molecule has 0 saturated heterocycles. The largest absolute Gasteiger partial charge is 0.496 e. The molecule has 0 fully saturated rings. The Balaban J connectivity index is 1.98. The number of ether oxygens (including phenoxy) is 4. The lowest BCUT2D eigenvalue weighted by atomic mass is 10.1. The van der Waals surface area contributed by atoms with Crippen LogP contribution in [0.25, 0.3) is 0 Å². The van der Waals surface area contributed by atoms with Crippen LogP contribution in [0.15, 0.2) is 36.4 Å². The maximum atomic E-state index is 12.3. The molecule has 8 heteroatoms. The zero-order valence-electron chi connectivity index (χ0n) is 16.1. The minimum absolute atomic E-state index is 0.0717. The number of hydrogen-bond acceptors (Lipinski definition) is 6. The first-order chi connectivity index (χ1) is 13.4. The van der Waals surface area contributed by atoms with E-state index in [2.05, 4.69) is 5.32 Å². The van der Waals surface area contributed by atoms with E-state index in [1.807, 2.05) is 0 Å². The van der Waals surface area contributed by atoms with Crippen LogP contribution in [0, 0.1) is 0 Å². The van der Waals surface area contributed by atoms with Crippen LogP contribution in [0.5, 0.6) is 17.2 Å². The predicted molar refractivity (Wildman–Crippen MR) is 105 cm³/mol. The van der Waals surface area contributed by atoms with E-state index in [-0.39, 0.29) is 6.42 Å². The summed E-state index contributed by atoms with van der Waals surface area (Å²) >= 11 is 5.96. The van der Waals surface area contributed by atoms with Gasteiger partial charge in [-0.2, -0.15) is 0 Å². The second kappa shape index (κ2) is 9.85. The van der Waals surface area contributed by atoms with Gasteiger partial charge < -0.3 is 24.3 Å². The van der Waals surface area contributed by atoms with Gasteiger partial charge >= 0.3 is 5.97 Å². The number of hydrogen-bond donors (Lipinski definition) is 1. The predicted octanol–water partition coefficient (Wildman–Crippen LogP) is 3.48. The number of carbonyl (C=O) groups is 2. The van der Waals surface area contributed by atoms with Crippen molar-refractivity contribution in [1.29, 1.82) is 0 Å². The van der Waals surface area contributed by atoms with E-state index < -0.39 is 18.0 Å². The standard InChI is InChI=1S/C20H22ClNO6/c1-12(20(24)22-15-6-8-17(26-3)18(11-15)27-4)28-19(23)10-13-9-14(21)5-7-16(13)25-2/h5-9,11-12H,10H2,1-4H3,(H,22,24)/t12-/m0/s1. The number of nitrogens with one attached hydrogen (secondary N) is 1. The maximum absolute atomic E-state index is 12.3. The van der Waals surface area contributed by atoms with E-state index in [4.69, 9.17) is 30.5 Å². The average Bonchev–Trinajstić information content (AvgIpc) is 2.67. The Bertz CT molecular complexity index is 855. The van der Waals surface area contributed by atoms with Crippen LogP contribution in [0.4, 0.5) is 5.69 Å². The molecule has 2 aromatic carbocycles. The summed E-state index contributed by atoms with van der Waals surface area (Å²) in [6, 6.07) is 9.88. The lowest BCUT2D eigenvalue weighted by molar-refractivity contribution is -0.152. The minimum atomic E-state index is -0.995. The van der Waals surface area contributed by atoms with E-state index >= 15 is 0 Å². The molecule has 0 spiro atoms. The molecular weight excluding hydrogens is 386 g/mol. The Morgan fingerprint density at radius 1 is 0.964 bits per heavy atom. The van der Waals surface area contributed by atoms with Gasteiger partial charge in [-0.3, -0.25) is 9.59 Å². The highest BCUT2D eigenvalue weighted by Crippen LogP contribution is 2.30. The Morgan fingerprint density at radius 3 is 2.25 bits per heavy atom. The fourth-order valence-electron chi connectivity index (χ4n) is 2.49. The van der Waals surface area contributed by atoms with Gasteiger partial charge in [0.25, 0.3) is 5.91 Å². The molecule has 0 unspecified atom stereocenters. The SMILES string of the molecule is COc1ccc(Cl)cc1CC(=O)O[C@@H](C)C(=O)Nc1ccc(OC)c(OC)c1. The molecule has 0 aliphatic carbocycles. The summed E-state index contributed by atoms with van der Waals surface area (Å²) in [5.74, 6) is 0.478. The van der Waals surface area contributed by atoms with Crippen LogP contribution in [-0.4, -0.2) is 39.3 Å². The van der Waals surface area contributed by atoms with Gasteiger partial charge in [0.2, 0.25) is 0 Å². The van der Waals surface area contributed by atoms with E-state index in [0.29, 0.717) is 33.5 Å². The Kier molecular flexibility index (Phi) is 7.52. The summed E-state index contributed by atoms with van der Waals surface area (Å²) in [6.07, 6.45) is -1.07. The third-order valence-corrected chi connectivity index (χ3v) is 4.14. The molecule has 0 aromatic heterocycles. The summed E-state index contributed by atoms with van der Waals surface area (Å²) in [7, 11) is 4.52. The molecule has 0 aliphatic heterocycles. The molecule has 1 atom stereocenters. The van der Waals surface area contributed by atoms with Crippen LogP contribution >= 0.6 is 11.6 Å². The molecule has 0 heterocycles. The highest BCUT2D eigenvalue weighted by Gasteiger charge is 2.20. The fourth-order valence-corrected chi connectivity index (χ4v) is 2.69. The highest BCUT2D eigenvalue weighted by atomic mass is 35.5. The summed E-state index contributed by atoms with van der Waals surface area (Å²) < 4.78 is 20.8. The molecule has 1 N–H and O–H groups in total. The van der Waals surface area contributed by atoms with Crippen molar-refractivity contribution in [2.75, 3.05) is 26.6 Å². The zero-order valence-corrected chi connectivity index (χ0v) is 16.8. The Morgan fingerprint density at radius 2 is 1.61 bits per heavy atom. The second-order valence-electron chi connectivity index (χ2n) is 5.82. The van der Waals surface area contributed by atoms with Crippen molar-refractivity contribution in [2.45, 2.75) is 19.4 Å². The third kappa shape index (κ3) is 5.53. The number of amides is 1. The van der Waals surface area contributed by atoms with E-state index in [1.54, 1.807) is 36.4 Å². The van der Waals surface area contributed by atoms with Gasteiger partial charge in [0, 0.05) is 22.3 Å². The molecule has 0 aliphatic rings. The quantitative estimate of drug-likeness (QED) is 0.674. The number of rotatable bonds is 8. The molecule has 2 rings (SSSR count). The van der Waals surface area contributed by atoms with Crippen LogP contribution in [-0.2, 0) is 20.7 Å². The lowest BCUT2D eigenvalue weighted by Gasteiger charge is -2.15. The van der Waals surface area contributed by atoms with Gasteiger partial charge in [0.05, 0.1) is 27.8 Å². The van der Waals surface area contributed by atoms with Crippen molar-refractivity contribution in [2.24, 2.45) is 0 Å². The second-order valence-corrected chi connectivity index (χ2v) is 6.26. The highest BCUT2D eigenvalue weighted by molar-refractivity contribution is 6.30. The summed E-state index contributed by atoms with van der Waals surface area (Å²) in [6.45, 7) is 1.49. The Hall–Kier alpha value is -2.93. The third-order valence-electron chi connectivity index (χ3n) is 3.91. The first-order valence-corrected chi connectivity index (χ1v) is 8.80.